The van der Waals surface area contributed by atoms with E-state index in [-0.39, 0.29) is 0 Å². The molecule has 0 amide bonds. The minimum Gasteiger partial charge on any atom is -0.380 e. The first-order valence-corrected chi connectivity index (χ1v) is 5.29. The van der Waals surface area contributed by atoms with Gasteiger partial charge < -0.3 is 15.4 Å². The molecule has 2 aliphatic rings. The van der Waals surface area contributed by atoms with Crippen LogP contribution in [0.1, 0.15) is 19.8 Å². The summed E-state index contributed by atoms with van der Waals surface area (Å²) in [5.41, 5.74) is 0. The molecule has 0 aromatic rings. The van der Waals surface area contributed by atoms with Gasteiger partial charge in [0.25, 0.3) is 0 Å². The quantitative estimate of drug-likeness (QED) is 0.662. The summed E-state index contributed by atoms with van der Waals surface area (Å²) in [6.45, 7) is 4.43. The molecule has 3 heteroatoms. The molecule has 1 aliphatic heterocycles. The zero-order valence-electron chi connectivity index (χ0n) is 8.55. The van der Waals surface area contributed by atoms with Crippen molar-refractivity contribution in [3.05, 3.63) is 0 Å². The normalized spacial score (nSPS) is 43.8. The molecule has 76 valence electrons. The molecule has 0 bridgehead atoms. The van der Waals surface area contributed by atoms with Gasteiger partial charge in [-0.2, -0.15) is 0 Å². The van der Waals surface area contributed by atoms with E-state index in [9.17, 15) is 0 Å². The molecule has 0 radical (unpaired) electrons. The van der Waals surface area contributed by atoms with Crippen LogP contribution < -0.4 is 10.6 Å². The zero-order chi connectivity index (χ0) is 9.26. The first-order chi connectivity index (χ1) is 6.29. The second-order valence-corrected chi connectivity index (χ2v) is 4.43. The fourth-order valence-corrected chi connectivity index (χ4v) is 2.02. The van der Waals surface area contributed by atoms with E-state index in [1.165, 1.54) is 6.42 Å². The number of ether oxygens (including phenoxy) is 1. The highest BCUT2D eigenvalue weighted by molar-refractivity contribution is 4.92. The lowest BCUT2D eigenvalue weighted by Crippen LogP contribution is -2.35. The molecule has 0 aromatic carbocycles. The minimum atomic E-state index is 0.434. The van der Waals surface area contributed by atoms with Gasteiger partial charge in [0.15, 0.2) is 0 Å². The fraction of sp³-hybridized carbons (Fsp3) is 1.00. The summed E-state index contributed by atoms with van der Waals surface area (Å²) < 4.78 is 5.29. The Morgan fingerprint density at radius 3 is 2.77 bits per heavy atom. The van der Waals surface area contributed by atoms with Gasteiger partial charge in [0.05, 0.1) is 6.10 Å². The molecule has 1 heterocycles. The maximum absolute atomic E-state index is 5.29. The van der Waals surface area contributed by atoms with E-state index in [4.69, 9.17) is 4.74 Å². The summed E-state index contributed by atoms with van der Waals surface area (Å²) in [5, 5.41) is 7.04. The summed E-state index contributed by atoms with van der Waals surface area (Å²) in [6, 6.07) is 1.42. The smallest absolute Gasteiger partial charge is 0.0711 e. The Morgan fingerprint density at radius 2 is 2.23 bits per heavy atom. The summed E-state index contributed by atoms with van der Waals surface area (Å²) >= 11 is 0. The van der Waals surface area contributed by atoms with Crippen LogP contribution in [-0.4, -0.2) is 38.4 Å². The first kappa shape index (κ1) is 9.44. The molecule has 2 rings (SSSR count). The van der Waals surface area contributed by atoms with Gasteiger partial charge in [-0.15, -0.1) is 0 Å². The highest BCUT2D eigenvalue weighted by Crippen LogP contribution is 2.28. The molecule has 2 fully saturated rings. The van der Waals surface area contributed by atoms with Crippen LogP contribution in [0.5, 0.6) is 0 Å². The third kappa shape index (κ3) is 2.42. The number of methoxy groups -OCH3 is 1. The third-order valence-electron chi connectivity index (χ3n) is 3.25. The van der Waals surface area contributed by atoms with Gasteiger partial charge in [0.1, 0.15) is 0 Å². The predicted octanol–water partition coefficient (Wildman–Crippen LogP) is 0.361. The van der Waals surface area contributed by atoms with Crippen molar-refractivity contribution < 1.29 is 4.74 Å². The number of rotatable bonds is 4. The van der Waals surface area contributed by atoms with Gasteiger partial charge in [0, 0.05) is 32.3 Å². The van der Waals surface area contributed by atoms with E-state index < -0.39 is 0 Å². The van der Waals surface area contributed by atoms with Crippen LogP contribution in [0.25, 0.3) is 0 Å². The van der Waals surface area contributed by atoms with Crippen LogP contribution in [0.2, 0.25) is 0 Å². The van der Waals surface area contributed by atoms with Crippen LogP contribution in [-0.2, 0) is 4.74 Å². The Bertz CT molecular complexity index is 174. The average Bonchev–Trinajstić information content (AvgIpc) is 2.68. The predicted molar refractivity (Wildman–Crippen MR) is 52.8 cm³/mol. The molecule has 4 atom stereocenters. The van der Waals surface area contributed by atoms with Crippen molar-refractivity contribution in [3.63, 3.8) is 0 Å². The Morgan fingerprint density at radius 1 is 1.46 bits per heavy atom. The molecule has 1 saturated carbocycles. The summed E-state index contributed by atoms with van der Waals surface area (Å²) in [4.78, 5) is 0. The van der Waals surface area contributed by atoms with E-state index in [1.807, 2.05) is 0 Å². The van der Waals surface area contributed by atoms with Crippen molar-refractivity contribution in [3.8, 4) is 0 Å². The topological polar surface area (TPSA) is 33.3 Å². The van der Waals surface area contributed by atoms with Crippen molar-refractivity contribution >= 4 is 0 Å². The molecular formula is C10H20N2O. The van der Waals surface area contributed by atoms with Gasteiger partial charge >= 0.3 is 0 Å². The van der Waals surface area contributed by atoms with E-state index >= 15 is 0 Å². The average molecular weight is 184 g/mol. The molecule has 4 unspecified atom stereocenters. The highest BCUT2D eigenvalue weighted by Gasteiger charge is 2.33. The van der Waals surface area contributed by atoms with Crippen LogP contribution in [0, 0.1) is 5.92 Å². The van der Waals surface area contributed by atoms with Crippen molar-refractivity contribution in [2.45, 2.75) is 38.0 Å². The Kier molecular flexibility index (Phi) is 2.86. The Balaban J connectivity index is 1.60. The maximum Gasteiger partial charge on any atom is 0.0711 e. The second-order valence-electron chi connectivity index (χ2n) is 4.43. The molecule has 0 aromatic heterocycles. The molecule has 2 N–H and O–H groups in total. The lowest BCUT2D eigenvalue weighted by Gasteiger charge is -2.11. The standard InChI is InChI=1S/C10H20N2O/c1-7-3-10(7)12-5-8-4-9(13-2)6-11-8/h7-12H,3-6H2,1-2H3. The largest absolute Gasteiger partial charge is 0.380 e. The Labute approximate surface area is 80.2 Å². The van der Waals surface area contributed by atoms with Crippen LogP contribution in [0.4, 0.5) is 0 Å². The van der Waals surface area contributed by atoms with E-state index in [0.29, 0.717) is 12.1 Å². The first-order valence-electron chi connectivity index (χ1n) is 5.29. The lowest BCUT2D eigenvalue weighted by atomic mass is 10.2. The van der Waals surface area contributed by atoms with Crippen molar-refractivity contribution in [1.29, 1.82) is 0 Å². The third-order valence-corrected chi connectivity index (χ3v) is 3.25. The zero-order valence-corrected chi connectivity index (χ0v) is 8.55. The summed E-state index contributed by atoms with van der Waals surface area (Å²) in [6.07, 6.45) is 2.95. The fourth-order valence-electron chi connectivity index (χ4n) is 2.02. The number of hydrogen-bond acceptors (Lipinski definition) is 3. The number of hydrogen-bond donors (Lipinski definition) is 2. The van der Waals surface area contributed by atoms with Gasteiger partial charge in [-0.25, -0.2) is 0 Å². The molecule has 0 spiro atoms. The minimum absolute atomic E-state index is 0.434. The maximum atomic E-state index is 5.29. The highest BCUT2D eigenvalue weighted by atomic mass is 16.5. The van der Waals surface area contributed by atoms with Gasteiger partial charge in [-0.1, -0.05) is 6.92 Å². The second kappa shape index (κ2) is 3.95. The van der Waals surface area contributed by atoms with E-state index in [1.54, 1.807) is 7.11 Å². The molecule has 3 nitrogen and oxygen atoms in total. The molecule has 1 saturated heterocycles. The van der Waals surface area contributed by atoms with Crippen molar-refractivity contribution in [2.75, 3.05) is 20.2 Å². The van der Waals surface area contributed by atoms with Crippen LogP contribution in [0.15, 0.2) is 0 Å². The van der Waals surface area contributed by atoms with Crippen LogP contribution in [0.3, 0.4) is 0 Å². The summed E-state index contributed by atoms with van der Waals surface area (Å²) in [7, 11) is 1.80. The monoisotopic (exact) mass is 184 g/mol. The van der Waals surface area contributed by atoms with E-state index in [0.717, 1.165) is 31.5 Å². The molecule has 1 aliphatic carbocycles. The lowest BCUT2D eigenvalue weighted by molar-refractivity contribution is 0.117. The summed E-state index contributed by atoms with van der Waals surface area (Å²) in [5.74, 6) is 0.902. The molecule has 13 heavy (non-hydrogen) atoms. The Hall–Kier alpha value is -0.120. The van der Waals surface area contributed by atoms with E-state index in [2.05, 4.69) is 17.6 Å². The van der Waals surface area contributed by atoms with Gasteiger partial charge in [-0.3, -0.25) is 0 Å². The van der Waals surface area contributed by atoms with Crippen molar-refractivity contribution in [1.82, 2.24) is 10.6 Å². The van der Waals surface area contributed by atoms with Gasteiger partial charge in [-0.05, 0) is 18.8 Å². The van der Waals surface area contributed by atoms with Crippen molar-refractivity contribution in [2.24, 2.45) is 5.92 Å². The molecular weight excluding hydrogens is 164 g/mol. The SMILES string of the molecule is COC1CNC(CNC2CC2C)C1. The van der Waals surface area contributed by atoms with Crippen LogP contribution >= 0.6 is 0 Å². The number of nitrogens with one attached hydrogen (secondary N) is 2. The van der Waals surface area contributed by atoms with Gasteiger partial charge in [0.2, 0.25) is 0 Å².